The highest BCUT2D eigenvalue weighted by Crippen LogP contribution is 2.41. The number of ether oxygens (including phenoxy) is 2. The molecule has 0 bridgehead atoms. The van der Waals surface area contributed by atoms with E-state index in [2.05, 4.69) is 57.4 Å². The van der Waals surface area contributed by atoms with Crippen molar-refractivity contribution in [3.8, 4) is 34.0 Å². The molecule has 0 radical (unpaired) electrons. The first-order valence-electron chi connectivity index (χ1n) is 20.0. The number of nitrogens with two attached hydrogens (primary N) is 2. The third-order valence-electron chi connectivity index (χ3n) is 10.0. The second kappa shape index (κ2) is 21.0. The van der Waals surface area contributed by atoms with Crippen LogP contribution in [0.5, 0.6) is 11.5 Å². The van der Waals surface area contributed by atoms with Gasteiger partial charge in [-0.25, -0.2) is 34.7 Å². The number of carboxylic acids is 1. The molecule has 5 N–H and O–H groups in total. The summed E-state index contributed by atoms with van der Waals surface area (Å²) in [6.45, 7) is 10.3. The molecule has 0 aliphatic carbocycles. The van der Waals surface area contributed by atoms with Crippen LogP contribution in [-0.4, -0.2) is 104 Å². The topological polar surface area (TPSA) is 212 Å². The van der Waals surface area contributed by atoms with Gasteiger partial charge in [-0.1, -0.05) is 36.4 Å². The van der Waals surface area contributed by atoms with Crippen LogP contribution in [-0.2, 0) is 9.59 Å². The smallest absolute Gasteiger partial charge is 0.478 e. The van der Waals surface area contributed by atoms with Crippen molar-refractivity contribution in [2.75, 3.05) is 60.5 Å². The highest BCUT2D eigenvalue weighted by molar-refractivity contribution is 6.35. The number of nitrogen functional groups attached to an aromatic ring is 2. The summed E-state index contributed by atoms with van der Waals surface area (Å²) in [6.07, 6.45) is -1.57. The van der Waals surface area contributed by atoms with E-state index in [4.69, 9.17) is 39.8 Å². The Bertz CT molecular complexity index is 2810. The molecule has 6 heterocycles. The summed E-state index contributed by atoms with van der Waals surface area (Å²) in [5.41, 5.74) is 12.5. The van der Waals surface area contributed by atoms with Gasteiger partial charge in [0.2, 0.25) is 5.91 Å². The standard InChI is InChI=1S/C21H18ClF3N6O2.C19H17ClF3N5O.C3H4O2/c1-2-18(32)30-5-7-31(8-6-30)20-13-9-14(22)12(10-15(13)27-11-28-20)19-16(33-21(23,24)25)3-4-17(26)29-19;20-13-8-12-14(25-10-26-18(12)28-6-2-1-3-7-28)9-11(13)17-15(29-19(21,22)23)4-5-16(24)27-17;1-2-3(4)5/h2-4,9-11H,1,5-8H2,(H2,26,29);4-5,8-10H,1-3,6-7H2,(H2,24,27);2H,1H2,(H,4,5). The summed E-state index contributed by atoms with van der Waals surface area (Å²) in [7, 11) is 0. The number of piperidine rings is 1. The molecule has 6 aromatic rings. The lowest BCUT2D eigenvalue weighted by atomic mass is 10.1. The first-order chi connectivity index (χ1) is 31.7. The van der Waals surface area contributed by atoms with Crippen LogP contribution in [0.4, 0.5) is 49.6 Å². The van der Waals surface area contributed by atoms with Crippen LogP contribution in [0.25, 0.3) is 44.3 Å². The molecule has 1 amide bonds. The van der Waals surface area contributed by atoms with E-state index in [1.165, 1.54) is 43.4 Å². The lowest BCUT2D eigenvalue weighted by molar-refractivity contribution is -0.275. The van der Waals surface area contributed by atoms with Crippen molar-refractivity contribution in [3.63, 3.8) is 0 Å². The fraction of sp³-hybridized carbons (Fsp3) is 0.256. The number of alkyl halides is 6. The van der Waals surface area contributed by atoms with Crippen LogP contribution in [0.1, 0.15) is 19.3 Å². The van der Waals surface area contributed by atoms with Crippen molar-refractivity contribution in [3.05, 3.63) is 96.5 Å². The molecule has 0 unspecified atom stereocenters. The van der Waals surface area contributed by atoms with Crippen molar-refractivity contribution < 1.29 is 50.5 Å². The Morgan fingerprint density at radius 2 is 1.06 bits per heavy atom. The average molecular weight is 975 g/mol. The largest absolute Gasteiger partial charge is 0.573 e. The van der Waals surface area contributed by atoms with Crippen molar-refractivity contribution in [2.45, 2.75) is 32.0 Å². The molecule has 2 fully saturated rings. The highest BCUT2D eigenvalue weighted by Gasteiger charge is 2.34. The lowest BCUT2D eigenvalue weighted by Crippen LogP contribution is -2.48. The van der Waals surface area contributed by atoms with Crippen LogP contribution in [0.15, 0.2) is 86.5 Å². The number of carbonyl (C=O) groups is 2. The summed E-state index contributed by atoms with van der Waals surface area (Å²) in [4.78, 5) is 52.2. The number of pyridine rings is 2. The van der Waals surface area contributed by atoms with Gasteiger partial charge in [-0.15, -0.1) is 26.3 Å². The fourth-order valence-corrected chi connectivity index (χ4v) is 7.60. The quantitative estimate of drug-likeness (QED) is 0.0961. The molecule has 0 saturated carbocycles. The number of nitrogens with zero attached hydrogens (tertiary/aromatic N) is 9. The molecule has 2 aliphatic rings. The van der Waals surface area contributed by atoms with Crippen LogP contribution in [0.2, 0.25) is 10.0 Å². The SMILES string of the molecule is C=CC(=O)N1CCN(c2ncnc3cc(-c4nc(N)ccc4OC(F)(F)F)c(Cl)cc23)CC1.C=CC(=O)O.Nc1ccc(OC(F)(F)F)c(-c2cc3ncnc(N4CCCCC4)c3cc2Cl)n1. The number of hydrogen-bond donors (Lipinski definition) is 3. The zero-order chi connectivity index (χ0) is 48.6. The number of benzene rings is 2. The summed E-state index contributed by atoms with van der Waals surface area (Å²) >= 11 is 12.9. The Kier molecular flexibility index (Phi) is 15.4. The summed E-state index contributed by atoms with van der Waals surface area (Å²) in [5.74, 6) is -0.727. The van der Waals surface area contributed by atoms with E-state index in [9.17, 15) is 35.9 Å². The minimum absolute atomic E-state index is 0.00556. The van der Waals surface area contributed by atoms with Gasteiger partial charge in [0.25, 0.3) is 0 Å². The highest BCUT2D eigenvalue weighted by atomic mass is 35.5. The van der Waals surface area contributed by atoms with E-state index < -0.39 is 30.2 Å². The molecule has 2 aromatic carbocycles. The van der Waals surface area contributed by atoms with E-state index in [0.717, 1.165) is 55.3 Å². The maximum Gasteiger partial charge on any atom is 0.573 e. The van der Waals surface area contributed by atoms with Crippen molar-refractivity contribution in [1.82, 2.24) is 34.8 Å². The molecular weight excluding hydrogens is 935 g/mol. The Morgan fingerprint density at radius 3 is 1.45 bits per heavy atom. The Labute approximate surface area is 387 Å². The van der Waals surface area contributed by atoms with Crippen LogP contribution < -0.4 is 30.7 Å². The van der Waals surface area contributed by atoms with E-state index in [1.807, 2.05) is 4.90 Å². The summed E-state index contributed by atoms with van der Waals surface area (Å²) in [6, 6.07) is 11.0. The third-order valence-corrected chi connectivity index (χ3v) is 10.6. The number of anilines is 4. The van der Waals surface area contributed by atoms with Gasteiger partial charge < -0.3 is 40.7 Å². The molecule has 2 aliphatic heterocycles. The number of piperazine rings is 1. The molecule has 352 valence electrons. The molecule has 0 spiro atoms. The molecule has 2 saturated heterocycles. The van der Waals surface area contributed by atoms with Crippen molar-refractivity contribution >= 4 is 80.2 Å². The second-order valence-electron chi connectivity index (χ2n) is 14.5. The van der Waals surface area contributed by atoms with Gasteiger partial charge in [-0.3, -0.25) is 4.79 Å². The van der Waals surface area contributed by atoms with Crippen molar-refractivity contribution in [1.29, 1.82) is 0 Å². The van der Waals surface area contributed by atoms with Gasteiger partial charge in [0.15, 0.2) is 11.5 Å². The van der Waals surface area contributed by atoms with Crippen LogP contribution in [0.3, 0.4) is 0 Å². The number of aromatic nitrogens is 6. The van der Waals surface area contributed by atoms with Gasteiger partial charge in [-0.2, -0.15) is 0 Å². The first-order valence-corrected chi connectivity index (χ1v) is 20.7. The molecule has 4 aromatic heterocycles. The van der Waals surface area contributed by atoms with E-state index in [0.29, 0.717) is 48.4 Å². The van der Waals surface area contributed by atoms with Gasteiger partial charge in [0.1, 0.15) is 47.3 Å². The summed E-state index contributed by atoms with van der Waals surface area (Å²) in [5, 5.41) is 9.27. The van der Waals surface area contributed by atoms with Crippen LogP contribution >= 0.6 is 23.2 Å². The monoisotopic (exact) mass is 973 g/mol. The van der Waals surface area contributed by atoms with E-state index in [-0.39, 0.29) is 50.1 Å². The van der Waals surface area contributed by atoms with Gasteiger partial charge >= 0.3 is 18.7 Å². The van der Waals surface area contributed by atoms with Crippen LogP contribution in [0, 0.1) is 0 Å². The van der Waals surface area contributed by atoms with Gasteiger partial charge in [0.05, 0.1) is 21.1 Å². The number of rotatable bonds is 8. The lowest BCUT2D eigenvalue weighted by Gasteiger charge is -2.35. The Balaban J connectivity index is 0.000000202. The third kappa shape index (κ3) is 12.6. The summed E-state index contributed by atoms with van der Waals surface area (Å²) < 4.78 is 85.3. The molecular formula is C43H39Cl2F6N11O5. The minimum atomic E-state index is -4.92. The average Bonchev–Trinajstić information content (AvgIpc) is 3.29. The van der Waals surface area contributed by atoms with E-state index in [1.54, 1.807) is 23.1 Å². The van der Waals surface area contributed by atoms with Gasteiger partial charge in [0, 0.05) is 67.2 Å². The molecule has 8 rings (SSSR count). The van der Waals surface area contributed by atoms with Gasteiger partial charge in [-0.05, 0) is 73.9 Å². The maximum absolute atomic E-state index is 12.9. The molecule has 24 heteroatoms. The molecule has 67 heavy (non-hydrogen) atoms. The normalized spacial score (nSPS) is 14.1. The fourth-order valence-electron chi connectivity index (χ4n) is 7.09. The number of fused-ring (bicyclic) bond motifs is 2. The minimum Gasteiger partial charge on any atom is -0.478 e. The number of hydrogen-bond acceptors (Lipinski definition) is 14. The number of amides is 1. The number of carboxylic acid groups (broad SMARTS) is 1. The first kappa shape index (κ1) is 49.2. The Morgan fingerprint density at radius 1 is 0.642 bits per heavy atom. The maximum atomic E-state index is 12.9. The predicted molar refractivity (Wildman–Crippen MR) is 241 cm³/mol. The predicted octanol–water partition coefficient (Wildman–Crippen LogP) is 8.73. The Hall–Kier alpha value is -7.20. The molecule has 16 nitrogen and oxygen atoms in total. The van der Waals surface area contributed by atoms with Crippen molar-refractivity contribution in [2.24, 2.45) is 0 Å². The number of aliphatic carboxylic acids is 1. The zero-order valence-electron chi connectivity index (χ0n) is 35.0. The second-order valence-corrected chi connectivity index (χ2v) is 15.3. The zero-order valence-corrected chi connectivity index (χ0v) is 36.5. The number of carbonyl (C=O) groups excluding carboxylic acids is 1. The molecule has 0 atom stereocenters. The number of halogens is 8. The van der Waals surface area contributed by atoms with E-state index >= 15 is 0 Å².